The highest BCUT2D eigenvalue weighted by atomic mass is 32.1. The lowest BCUT2D eigenvalue weighted by Crippen LogP contribution is -2.41. The third kappa shape index (κ3) is 3.07. The van der Waals surface area contributed by atoms with Crippen molar-refractivity contribution in [3.63, 3.8) is 0 Å². The molecule has 27 heavy (non-hydrogen) atoms. The molecule has 0 unspecified atom stereocenters. The molecule has 1 aliphatic heterocycles. The first kappa shape index (κ1) is 17.6. The van der Waals surface area contributed by atoms with Crippen LogP contribution in [0.1, 0.15) is 27.2 Å². The third-order valence-corrected chi connectivity index (χ3v) is 5.59. The highest BCUT2D eigenvalue weighted by molar-refractivity contribution is 7.12. The predicted octanol–water partition coefficient (Wildman–Crippen LogP) is 3.89. The van der Waals surface area contributed by atoms with Crippen molar-refractivity contribution >= 4 is 28.7 Å². The molecule has 3 aromatic rings. The van der Waals surface area contributed by atoms with E-state index in [1.807, 2.05) is 0 Å². The Labute approximate surface area is 159 Å². The second kappa shape index (κ2) is 6.72. The van der Waals surface area contributed by atoms with E-state index in [0.717, 1.165) is 0 Å². The summed E-state index contributed by atoms with van der Waals surface area (Å²) < 4.78 is 13.5. The molecule has 0 spiro atoms. The van der Waals surface area contributed by atoms with E-state index < -0.39 is 17.3 Å². The Bertz CT molecular complexity index is 1020. The minimum absolute atomic E-state index is 0.114. The number of halogens is 1. The normalized spacial score (nSPS) is 18.6. The number of carbonyl (C=O) groups is 2. The highest BCUT2D eigenvalue weighted by Crippen LogP contribution is 2.43. The summed E-state index contributed by atoms with van der Waals surface area (Å²) in [4.78, 5) is 27.6. The quantitative estimate of drug-likeness (QED) is 0.682. The summed E-state index contributed by atoms with van der Waals surface area (Å²) in [6, 6.07) is 16.3. The smallest absolute Gasteiger partial charge is 0.264 e. The van der Waals surface area contributed by atoms with Gasteiger partial charge in [-0.1, -0.05) is 36.4 Å². The van der Waals surface area contributed by atoms with Gasteiger partial charge < -0.3 is 10.0 Å². The standard InChI is InChI=1S/C21H16FNO3S/c22-15-6-3-5-14(11-15)13-23-17-8-2-1-7-16(17)21(26,20(23)25)12-18(24)19-9-4-10-27-19/h1-11,26H,12-13H2/t21-/m0/s1. The monoisotopic (exact) mass is 381 g/mol. The van der Waals surface area contributed by atoms with Crippen molar-refractivity contribution in [2.45, 2.75) is 18.6 Å². The van der Waals surface area contributed by atoms with Gasteiger partial charge in [-0.2, -0.15) is 0 Å². The van der Waals surface area contributed by atoms with E-state index >= 15 is 0 Å². The fourth-order valence-corrected chi connectivity index (χ4v) is 4.07. The summed E-state index contributed by atoms with van der Waals surface area (Å²) in [6.07, 6.45) is -0.330. The number of nitrogens with zero attached hydrogens (tertiary/aromatic N) is 1. The van der Waals surface area contributed by atoms with Crippen LogP contribution >= 0.6 is 11.3 Å². The summed E-state index contributed by atoms with van der Waals surface area (Å²) >= 11 is 1.27. The number of fused-ring (bicyclic) bond motifs is 1. The van der Waals surface area contributed by atoms with E-state index in [9.17, 15) is 19.1 Å². The molecule has 1 aromatic heterocycles. The van der Waals surface area contributed by atoms with E-state index in [1.165, 1.54) is 28.4 Å². The van der Waals surface area contributed by atoms with Gasteiger partial charge in [-0.25, -0.2) is 4.39 Å². The maximum Gasteiger partial charge on any atom is 0.264 e. The number of hydrogen-bond donors (Lipinski definition) is 1. The Kier molecular flexibility index (Phi) is 4.37. The number of benzene rings is 2. The zero-order valence-electron chi connectivity index (χ0n) is 14.3. The van der Waals surface area contributed by atoms with Crippen LogP contribution < -0.4 is 4.90 Å². The largest absolute Gasteiger partial charge is 0.375 e. The SMILES string of the molecule is O=C(C[C@@]1(O)C(=O)N(Cc2cccc(F)c2)c2ccccc21)c1cccs1. The van der Waals surface area contributed by atoms with Crippen LogP contribution in [0.4, 0.5) is 10.1 Å². The van der Waals surface area contributed by atoms with Gasteiger partial charge in [0.05, 0.1) is 23.5 Å². The topological polar surface area (TPSA) is 57.6 Å². The van der Waals surface area contributed by atoms with E-state index in [0.29, 0.717) is 21.7 Å². The molecule has 0 fully saturated rings. The molecule has 136 valence electrons. The predicted molar refractivity (Wildman–Crippen MR) is 101 cm³/mol. The van der Waals surface area contributed by atoms with E-state index in [2.05, 4.69) is 0 Å². The highest BCUT2D eigenvalue weighted by Gasteiger charge is 2.50. The Hall–Kier alpha value is -2.83. The van der Waals surface area contributed by atoms with Gasteiger partial charge >= 0.3 is 0 Å². The lowest BCUT2D eigenvalue weighted by molar-refractivity contribution is -0.136. The first-order valence-corrected chi connectivity index (χ1v) is 9.32. The first-order chi connectivity index (χ1) is 13.0. The van der Waals surface area contributed by atoms with Gasteiger partial charge in [-0.05, 0) is 35.2 Å². The van der Waals surface area contributed by atoms with Crippen molar-refractivity contribution in [2.24, 2.45) is 0 Å². The molecule has 2 heterocycles. The molecule has 4 rings (SSSR count). The number of thiophene rings is 1. The number of aliphatic hydroxyl groups is 1. The Morgan fingerprint density at radius 1 is 1.11 bits per heavy atom. The van der Waals surface area contributed by atoms with Crippen LogP contribution in [0.5, 0.6) is 0 Å². The number of hydrogen-bond acceptors (Lipinski definition) is 4. The number of ketones is 1. The van der Waals surface area contributed by atoms with Crippen molar-refractivity contribution in [2.75, 3.05) is 4.90 Å². The van der Waals surface area contributed by atoms with Crippen LogP contribution in [0.25, 0.3) is 0 Å². The molecule has 1 N–H and O–H groups in total. The van der Waals surface area contributed by atoms with Crippen molar-refractivity contribution in [1.29, 1.82) is 0 Å². The molecule has 1 aliphatic rings. The molecule has 0 saturated carbocycles. The average molecular weight is 381 g/mol. The van der Waals surface area contributed by atoms with Gasteiger partial charge in [-0.3, -0.25) is 9.59 Å². The van der Waals surface area contributed by atoms with Crippen LogP contribution in [0, 0.1) is 5.82 Å². The molecule has 0 bridgehead atoms. The molecule has 0 radical (unpaired) electrons. The summed E-state index contributed by atoms with van der Waals surface area (Å²) in [5.41, 5.74) is -0.387. The molecule has 6 heteroatoms. The second-order valence-corrected chi connectivity index (χ2v) is 7.42. The fourth-order valence-electron chi connectivity index (χ4n) is 3.41. The lowest BCUT2D eigenvalue weighted by Gasteiger charge is -2.22. The van der Waals surface area contributed by atoms with Gasteiger partial charge in [-0.15, -0.1) is 11.3 Å². The van der Waals surface area contributed by atoms with Gasteiger partial charge in [0, 0.05) is 5.56 Å². The molecule has 4 nitrogen and oxygen atoms in total. The van der Waals surface area contributed by atoms with Gasteiger partial charge in [0.15, 0.2) is 11.4 Å². The average Bonchev–Trinajstić information content (AvgIpc) is 3.26. The number of carbonyl (C=O) groups excluding carboxylic acids is 2. The lowest BCUT2D eigenvalue weighted by atomic mass is 9.89. The van der Waals surface area contributed by atoms with Crippen LogP contribution in [-0.4, -0.2) is 16.8 Å². The van der Waals surface area contributed by atoms with Gasteiger partial charge in [0.1, 0.15) is 5.82 Å². The molecular formula is C21H16FNO3S. The Morgan fingerprint density at radius 2 is 1.93 bits per heavy atom. The Morgan fingerprint density at radius 3 is 2.67 bits per heavy atom. The third-order valence-electron chi connectivity index (χ3n) is 4.68. The van der Waals surface area contributed by atoms with Crippen molar-refractivity contribution in [1.82, 2.24) is 0 Å². The van der Waals surface area contributed by atoms with E-state index in [4.69, 9.17) is 0 Å². The number of Topliss-reactive ketones (excluding diaryl/α,β-unsaturated/α-hetero) is 1. The fraction of sp³-hybridized carbons (Fsp3) is 0.143. The molecular weight excluding hydrogens is 365 g/mol. The minimum Gasteiger partial charge on any atom is -0.375 e. The molecule has 1 atom stereocenters. The zero-order chi connectivity index (χ0) is 19.0. The van der Waals surface area contributed by atoms with Crippen molar-refractivity contribution in [3.05, 3.63) is 87.9 Å². The molecule has 2 aromatic carbocycles. The van der Waals surface area contributed by atoms with Gasteiger partial charge in [0.25, 0.3) is 5.91 Å². The summed E-state index contributed by atoms with van der Waals surface area (Å²) in [7, 11) is 0. The number of amides is 1. The molecule has 0 saturated heterocycles. The second-order valence-electron chi connectivity index (χ2n) is 6.48. The maximum absolute atomic E-state index is 13.5. The minimum atomic E-state index is -1.93. The summed E-state index contributed by atoms with van der Waals surface area (Å²) in [5, 5.41) is 13.0. The van der Waals surface area contributed by atoms with Crippen LogP contribution in [0.15, 0.2) is 66.0 Å². The van der Waals surface area contributed by atoms with Gasteiger partial charge in [0.2, 0.25) is 0 Å². The maximum atomic E-state index is 13.5. The van der Waals surface area contributed by atoms with Crippen LogP contribution in [-0.2, 0) is 16.9 Å². The number of anilines is 1. The first-order valence-electron chi connectivity index (χ1n) is 8.44. The van der Waals surface area contributed by atoms with Crippen LogP contribution in [0.3, 0.4) is 0 Å². The zero-order valence-corrected chi connectivity index (χ0v) is 15.1. The molecule has 0 aliphatic carbocycles. The van der Waals surface area contributed by atoms with E-state index in [-0.39, 0.29) is 18.7 Å². The number of para-hydroxylation sites is 1. The number of rotatable bonds is 5. The summed E-state index contributed by atoms with van der Waals surface area (Å²) in [5.74, 6) is -1.25. The Balaban J connectivity index is 1.69. The van der Waals surface area contributed by atoms with Crippen LogP contribution in [0.2, 0.25) is 0 Å². The summed E-state index contributed by atoms with van der Waals surface area (Å²) in [6.45, 7) is 0.114. The molecule has 1 amide bonds. The van der Waals surface area contributed by atoms with E-state index in [1.54, 1.807) is 53.9 Å². The van der Waals surface area contributed by atoms with Crippen molar-refractivity contribution in [3.8, 4) is 0 Å². The van der Waals surface area contributed by atoms with Crippen molar-refractivity contribution < 1.29 is 19.1 Å².